The van der Waals surface area contributed by atoms with Crippen LogP contribution in [-0.2, 0) is 10.2 Å². The second kappa shape index (κ2) is 9.92. The highest BCUT2D eigenvalue weighted by Crippen LogP contribution is 2.33. The van der Waals surface area contributed by atoms with Crippen LogP contribution in [0.4, 0.5) is 21.7 Å². The monoisotopic (exact) mass is 526 g/mol. The van der Waals surface area contributed by atoms with Gasteiger partial charge in [0.15, 0.2) is 5.82 Å². The summed E-state index contributed by atoms with van der Waals surface area (Å²) in [5.41, 5.74) is 2.82. The third-order valence-corrected chi connectivity index (χ3v) is 8.17. The van der Waals surface area contributed by atoms with Gasteiger partial charge in [-0.3, -0.25) is 4.40 Å². The van der Waals surface area contributed by atoms with Crippen molar-refractivity contribution in [2.45, 2.75) is 0 Å². The number of aromatic nitrogens is 4. The smallest absolute Gasteiger partial charge is 0.281 e. The summed E-state index contributed by atoms with van der Waals surface area (Å²) in [5.74, 6) is 0.190. The van der Waals surface area contributed by atoms with Crippen LogP contribution in [0.15, 0.2) is 55.0 Å². The lowest BCUT2D eigenvalue weighted by Gasteiger charge is -2.36. The summed E-state index contributed by atoms with van der Waals surface area (Å²) in [6, 6.07) is 11.1. The van der Waals surface area contributed by atoms with E-state index in [4.69, 9.17) is 4.74 Å². The van der Waals surface area contributed by atoms with Crippen LogP contribution in [0.1, 0.15) is 0 Å². The summed E-state index contributed by atoms with van der Waals surface area (Å²) < 4.78 is 49.5. The van der Waals surface area contributed by atoms with Crippen LogP contribution in [0.2, 0.25) is 0 Å². The van der Waals surface area contributed by atoms with E-state index in [2.05, 4.69) is 25.2 Å². The van der Waals surface area contributed by atoms with E-state index < -0.39 is 16.0 Å². The number of rotatable bonds is 7. The van der Waals surface area contributed by atoms with E-state index in [9.17, 15) is 12.8 Å². The fourth-order valence-corrected chi connectivity index (χ4v) is 5.31. The number of benzene rings is 1. The molecule has 0 saturated carbocycles. The van der Waals surface area contributed by atoms with Crippen molar-refractivity contribution in [3.05, 3.63) is 60.8 Å². The molecule has 1 aromatic carbocycles. The van der Waals surface area contributed by atoms with Crippen molar-refractivity contribution in [1.29, 1.82) is 0 Å². The van der Waals surface area contributed by atoms with E-state index in [1.165, 1.54) is 22.7 Å². The summed E-state index contributed by atoms with van der Waals surface area (Å²) in [4.78, 5) is 14.9. The molecule has 0 unspecified atom stereocenters. The number of piperazine rings is 1. The fourth-order valence-electron chi connectivity index (χ4n) is 4.22. The van der Waals surface area contributed by atoms with Gasteiger partial charge in [0.1, 0.15) is 17.1 Å². The van der Waals surface area contributed by atoms with Crippen molar-refractivity contribution in [2.24, 2.45) is 0 Å². The number of anilines is 3. The highest BCUT2D eigenvalue weighted by molar-refractivity contribution is 7.86. The normalized spacial score (nSPS) is 14.9. The topological polar surface area (TPSA) is 108 Å². The Labute approximate surface area is 214 Å². The van der Waals surface area contributed by atoms with Crippen molar-refractivity contribution >= 4 is 33.2 Å². The third-order valence-electron chi connectivity index (χ3n) is 6.23. The zero-order valence-electron chi connectivity index (χ0n) is 20.7. The molecule has 0 spiro atoms. The minimum absolute atomic E-state index is 0.123. The average molecular weight is 527 g/mol. The van der Waals surface area contributed by atoms with Crippen LogP contribution >= 0.6 is 0 Å². The first-order valence-corrected chi connectivity index (χ1v) is 13.0. The first kappa shape index (κ1) is 24.9. The van der Waals surface area contributed by atoms with E-state index >= 15 is 0 Å². The molecule has 5 rings (SSSR count). The van der Waals surface area contributed by atoms with Crippen molar-refractivity contribution in [3.63, 3.8) is 0 Å². The molecular formula is C24H27FN8O3S. The molecule has 1 aliphatic rings. The SMILES string of the molecule is COc1cc(N2CCN(S(=O)(=O)N(C)C)CC2)ccc1Nc1ncc(F)c(-c2cnc3ccccn23)n1. The van der Waals surface area contributed by atoms with Crippen molar-refractivity contribution in [2.75, 3.05) is 57.6 Å². The molecule has 0 radical (unpaired) electrons. The number of pyridine rings is 1. The zero-order chi connectivity index (χ0) is 26.2. The Hall–Kier alpha value is -3.81. The zero-order valence-corrected chi connectivity index (χ0v) is 21.5. The molecule has 0 amide bonds. The number of nitrogens with one attached hydrogen (secondary N) is 1. The van der Waals surface area contributed by atoms with Gasteiger partial charge in [-0.15, -0.1) is 0 Å². The Morgan fingerprint density at radius 3 is 2.57 bits per heavy atom. The van der Waals surface area contributed by atoms with Gasteiger partial charge in [-0.1, -0.05) is 6.07 Å². The highest BCUT2D eigenvalue weighted by atomic mass is 32.2. The molecule has 3 aromatic heterocycles. The van der Waals surface area contributed by atoms with Crippen LogP contribution < -0.4 is 15.0 Å². The van der Waals surface area contributed by atoms with Crippen LogP contribution in [0.5, 0.6) is 5.75 Å². The average Bonchev–Trinajstić information content (AvgIpc) is 3.34. The largest absolute Gasteiger partial charge is 0.494 e. The number of nitrogens with zero attached hydrogens (tertiary/aromatic N) is 7. The Morgan fingerprint density at radius 2 is 1.84 bits per heavy atom. The standard InChI is InChI=1S/C24H27FN8O3S/c1-30(2)37(34,35)32-12-10-31(11-13-32)17-7-8-19(21(14-17)36-3)28-24-27-15-18(25)23(29-24)20-16-26-22-6-4-5-9-33(20)22/h4-9,14-16H,10-13H2,1-3H3,(H,27,28,29). The number of hydrogen-bond donors (Lipinski definition) is 1. The lowest BCUT2D eigenvalue weighted by atomic mass is 10.2. The van der Waals surface area contributed by atoms with Gasteiger partial charge in [0.25, 0.3) is 10.2 Å². The lowest BCUT2D eigenvalue weighted by Crippen LogP contribution is -2.51. The molecule has 0 aliphatic carbocycles. The Morgan fingerprint density at radius 1 is 1.05 bits per heavy atom. The van der Waals surface area contributed by atoms with Crippen LogP contribution in [0.3, 0.4) is 0 Å². The number of methoxy groups -OCH3 is 1. The van der Waals surface area contributed by atoms with Gasteiger partial charge in [-0.05, 0) is 24.3 Å². The quantitative estimate of drug-likeness (QED) is 0.392. The molecular weight excluding hydrogens is 499 g/mol. The predicted octanol–water partition coefficient (Wildman–Crippen LogP) is 2.61. The molecule has 4 heterocycles. The molecule has 4 aromatic rings. The third kappa shape index (κ3) is 4.80. The fraction of sp³-hybridized carbons (Fsp3) is 0.292. The Kier molecular flexibility index (Phi) is 6.67. The van der Waals surface area contributed by atoms with Gasteiger partial charge in [-0.25, -0.2) is 19.3 Å². The molecule has 1 N–H and O–H groups in total. The molecule has 13 heteroatoms. The van der Waals surface area contributed by atoms with E-state index in [1.54, 1.807) is 23.9 Å². The van der Waals surface area contributed by atoms with E-state index in [-0.39, 0.29) is 11.6 Å². The second-order valence-corrected chi connectivity index (χ2v) is 10.8. The van der Waals surface area contributed by atoms with E-state index in [0.29, 0.717) is 49.0 Å². The number of halogens is 1. The van der Waals surface area contributed by atoms with E-state index in [0.717, 1.165) is 11.9 Å². The van der Waals surface area contributed by atoms with Gasteiger partial charge < -0.3 is 15.0 Å². The van der Waals surface area contributed by atoms with Crippen LogP contribution in [-0.4, -0.2) is 83.8 Å². The maximum atomic E-state index is 14.7. The van der Waals surface area contributed by atoms with Crippen molar-refractivity contribution in [3.8, 4) is 17.1 Å². The molecule has 1 aliphatic heterocycles. The molecule has 1 fully saturated rings. The number of ether oxygens (including phenoxy) is 1. The summed E-state index contributed by atoms with van der Waals surface area (Å²) in [5, 5.41) is 3.12. The van der Waals surface area contributed by atoms with Crippen molar-refractivity contribution < 1.29 is 17.5 Å². The Balaban J connectivity index is 1.36. The first-order chi connectivity index (χ1) is 17.8. The second-order valence-electron chi connectivity index (χ2n) is 8.65. The van der Waals surface area contributed by atoms with Crippen LogP contribution in [0, 0.1) is 5.82 Å². The summed E-state index contributed by atoms with van der Waals surface area (Å²) >= 11 is 0. The molecule has 0 bridgehead atoms. The van der Waals surface area contributed by atoms with Gasteiger partial charge in [0.2, 0.25) is 5.95 Å². The Bertz CT molecular complexity index is 1530. The highest BCUT2D eigenvalue weighted by Gasteiger charge is 2.29. The molecule has 37 heavy (non-hydrogen) atoms. The number of fused-ring (bicyclic) bond motifs is 1. The molecule has 1 saturated heterocycles. The van der Waals surface area contributed by atoms with E-state index in [1.807, 2.05) is 36.4 Å². The maximum absolute atomic E-state index is 14.7. The van der Waals surface area contributed by atoms with Crippen LogP contribution in [0.25, 0.3) is 17.0 Å². The minimum Gasteiger partial charge on any atom is -0.494 e. The minimum atomic E-state index is -3.44. The molecule has 194 valence electrons. The lowest BCUT2D eigenvalue weighted by molar-refractivity contribution is 0.355. The molecule has 11 nitrogen and oxygen atoms in total. The van der Waals surface area contributed by atoms with Gasteiger partial charge in [0, 0.05) is 58.2 Å². The number of hydrogen-bond acceptors (Lipinski definition) is 8. The van der Waals surface area contributed by atoms with Gasteiger partial charge >= 0.3 is 0 Å². The maximum Gasteiger partial charge on any atom is 0.281 e. The first-order valence-electron chi connectivity index (χ1n) is 11.6. The summed E-state index contributed by atoms with van der Waals surface area (Å²) in [7, 11) is 1.18. The van der Waals surface area contributed by atoms with Crippen molar-refractivity contribution in [1.82, 2.24) is 28.0 Å². The summed E-state index contributed by atoms with van der Waals surface area (Å²) in [6.07, 6.45) is 4.49. The van der Waals surface area contributed by atoms with Gasteiger partial charge in [-0.2, -0.15) is 17.0 Å². The summed E-state index contributed by atoms with van der Waals surface area (Å²) in [6.45, 7) is 1.87. The predicted molar refractivity (Wildman–Crippen MR) is 139 cm³/mol. The molecule has 0 atom stereocenters. The van der Waals surface area contributed by atoms with Gasteiger partial charge in [0.05, 0.1) is 30.9 Å². The number of imidazole rings is 1.